The number of rotatable bonds is 3. The first-order valence-corrected chi connectivity index (χ1v) is 5.75. The van der Waals surface area contributed by atoms with Crippen LogP contribution in [-0.4, -0.2) is 23.3 Å². The lowest BCUT2D eigenvalue weighted by Gasteiger charge is -2.25. The summed E-state index contributed by atoms with van der Waals surface area (Å²) in [5, 5.41) is 19.2. The normalized spacial score (nSPS) is 15.0. The van der Waals surface area contributed by atoms with E-state index in [9.17, 15) is 9.90 Å². The van der Waals surface area contributed by atoms with E-state index in [2.05, 4.69) is 0 Å². The third-order valence-corrected chi connectivity index (χ3v) is 3.01. The zero-order chi connectivity index (χ0) is 14.1. The van der Waals surface area contributed by atoms with E-state index in [-0.39, 0.29) is 11.0 Å². The third kappa shape index (κ3) is 2.64. The van der Waals surface area contributed by atoms with Gasteiger partial charge in [0.15, 0.2) is 5.60 Å². The van der Waals surface area contributed by atoms with Gasteiger partial charge in [-0.25, -0.2) is 4.79 Å². The maximum Gasteiger partial charge on any atom is 0.340 e. The topological polar surface area (TPSA) is 66.8 Å². The number of carboxylic acid groups (broad SMARTS) is 1. The molecule has 4 heteroatoms. The van der Waals surface area contributed by atoms with Crippen LogP contribution in [0, 0.1) is 0 Å². The van der Waals surface area contributed by atoms with Crippen LogP contribution in [0.4, 0.5) is 0 Å². The van der Waals surface area contributed by atoms with Crippen molar-refractivity contribution in [2.45, 2.75) is 38.7 Å². The maximum atomic E-state index is 11.1. The summed E-state index contributed by atoms with van der Waals surface area (Å²) in [6.07, 6.45) is 0. The Morgan fingerprint density at radius 3 is 2.17 bits per heavy atom. The minimum Gasteiger partial charge on any atom is -0.496 e. The highest BCUT2D eigenvalue weighted by atomic mass is 16.5. The summed E-state index contributed by atoms with van der Waals surface area (Å²) >= 11 is 0. The first-order valence-electron chi connectivity index (χ1n) is 5.75. The minimum absolute atomic E-state index is 0.129. The van der Waals surface area contributed by atoms with Gasteiger partial charge >= 0.3 is 5.97 Å². The molecule has 100 valence electrons. The van der Waals surface area contributed by atoms with Crippen molar-refractivity contribution in [3.05, 3.63) is 29.3 Å². The monoisotopic (exact) mass is 252 g/mol. The van der Waals surface area contributed by atoms with E-state index in [4.69, 9.17) is 9.84 Å². The van der Waals surface area contributed by atoms with Gasteiger partial charge in [-0.05, 0) is 30.0 Å². The molecule has 0 spiro atoms. The van der Waals surface area contributed by atoms with Gasteiger partial charge in [0.05, 0.1) is 7.11 Å². The molecule has 0 radical (unpaired) electrons. The Bertz CT molecular complexity index is 455. The first-order chi connectivity index (χ1) is 8.10. The number of benzene rings is 1. The second kappa shape index (κ2) is 4.61. The highest BCUT2D eigenvalue weighted by Gasteiger charge is 2.36. The van der Waals surface area contributed by atoms with Gasteiger partial charge in [-0.15, -0.1) is 0 Å². The minimum atomic E-state index is -1.97. The lowest BCUT2D eigenvalue weighted by atomic mass is 9.83. The van der Waals surface area contributed by atoms with Gasteiger partial charge < -0.3 is 14.9 Å². The summed E-state index contributed by atoms with van der Waals surface area (Å²) < 4.78 is 5.13. The van der Waals surface area contributed by atoms with Gasteiger partial charge in [-0.1, -0.05) is 26.8 Å². The number of aliphatic hydroxyl groups is 1. The maximum absolute atomic E-state index is 11.1. The molecular weight excluding hydrogens is 232 g/mol. The molecule has 18 heavy (non-hydrogen) atoms. The van der Waals surface area contributed by atoms with Crippen molar-refractivity contribution in [2.24, 2.45) is 0 Å². The molecule has 0 amide bonds. The average Bonchev–Trinajstić information content (AvgIpc) is 2.26. The molecule has 1 aromatic carbocycles. The van der Waals surface area contributed by atoms with Crippen molar-refractivity contribution in [1.29, 1.82) is 0 Å². The molecule has 0 bridgehead atoms. The average molecular weight is 252 g/mol. The molecule has 0 heterocycles. The smallest absolute Gasteiger partial charge is 0.340 e. The predicted octanol–water partition coefficient (Wildman–Crippen LogP) is 2.28. The summed E-state index contributed by atoms with van der Waals surface area (Å²) in [5.74, 6) is -0.928. The van der Waals surface area contributed by atoms with Gasteiger partial charge in [0.25, 0.3) is 0 Å². The molecule has 1 rings (SSSR count). The van der Waals surface area contributed by atoms with E-state index in [1.54, 1.807) is 12.1 Å². The van der Waals surface area contributed by atoms with E-state index in [1.165, 1.54) is 14.0 Å². The van der Waals surface area contributed by atoms with Crippen molar-refractivity contribution >= 4 is 5.97 Å². The largest absolute Gasteiger partial charge is 0.496 e. The lowest BCUT2D eigenvalue weighted by Crippen LogP contribution is -2.32. The zero-order valence-electron chi connectivity index (χ0n) is 11.4. The van der Waals surface area contributed by atoms with Crippen molar-refractivity contribution in [1.82, 2.24) is 0 Å². The standard InChI is InChI=1S/C14H20O4/c1-13(2,3)9-6-7-11(18-5)10(8-9)14(4,17)12(15)16/h6-8,17H,1-5H3,(H,15,16). The summed E-state index contributed by atoms with van der Waals surface area (Å²) in [7, 11) is 1.45. The molecule has 0 fully saturated rings. The number of aliphatic carboxylic acids is 1. The summed E-state index contributed by atoms with van der Waals surface area (Å²) in [4.78, 5) is 11.1. The van der Waals surface area contributed by atoms with E-state index < -0.39 is 11.6 Å². The molecule has 0 saturated heterocycles. The Morgan fingerprint density at radius 2 is 1.78 bits per heavy atom. The van der Waals surface area contributed by atoms with Gasteiger partial charge in [-0.3, -0.25) is 0 Å². The van der Waals surface area contributed by atoms with Crippen molar-refractivity contribution < 1.29 is 19.7 Å². The number of hydrogen-bond acceptors (Lipinski definition) is 3. The number of hydrogen-bond donors (Lipinski definition) is 2. The molecule has 0 aliphatic carbocycles. The van der Waals surface area contributed by atoms with Gasteiger partial charge in [0.1, 0.15) is 5.75 Å². The quantitative estimate of drug-likeness (QED) is 0.866. The fourth-order valence-corrected chi connectivity index (χ4v) is 1.67. The molecule has 4 nitrogen and oxygen atoms in total. The highest BCUT2D eigenvalue weighted by Crippen LogP contribution is 2.34. The second-order valence-corrected chi connectivity index (χ2v) is 5.54. The predicted molar refractivity (Wildman–Crippen MR) is 68.9 cm³/mol. The van der Waals surface area contributed by atoms with Crippen molar-refractivity contribution in [3.8, 4) is 5.75 Å². The van der Waals surface area contributed by atoms with E-state index >= 15 is 0 Å². The number of carbonyl (C=O) groups is 1. The Hall–Kier alpha value is -1.55. The summed E-state index contributed by atoms with van der Waals surface area (Å²) in [6.45, 7) is 7.32. The summed E-state index contributed by atoms with van der Waals surface area (Å²) in [5.41, 5.74) is -0.882. The van der Waals surface area contributed by atoms with Crippen LogP contribution in [0.1, 0.15) is 38.8 Å². The molecule has 0 aliphatic rings. The Labute approximate surface area is 107 Å². The SMILES string of the molecule is COc1ccc(C(C)(C)C)cc1C(C)(O)C(=O)O. The van der Waals surface area contributed by atoms with Crippen LogP contribution in [0.3, 0.4) is 0 Å². The Kier molecular flexibility index (Phi) is 3.72. The first kappa shape index (κ1) is 14.5. The Morgan fingerprint density at radius 1 is 1.22 bits per heavy atom. The fourth-order valence-electron chi connectivity index (χ4n) is 1.67. The van der Waals surface area contributed by atoms with Crippen LogP contribution >= 0.6 is 0 Å². The van der Waals surface area contributed by atoms with Crippen LogP contribution in [0.2, 0.25) is 0 Å². The number of carboxylic acids is 1. The molecule has 0 saturated carbocycles. The molecule has 2 N–H and O–H groups in total. The van der Waals surface area contributed by atoms with E-state index in [0.717, 1.165) is 5.56 Å². The molecule has 1 unspecified atom stereocenters. The Balaban J connectivity index is 3.45. The van der Waals surface area contributed by atoms with Crippen molar-refractivity contribution in [2.75, 3.05) is 7.11 Å². The van der Waals surface area contributed by atoms with Crippen LogP contribution in [-0.2, 0) is 15.8 Å². The fraction of sp³-hybridized carbons (Fsp3) is 0.500. The lowest BCUT2D eigenvalue weighted by molar-refractivity contribution is -0.157. The van der Waals surface area contributed by atoms with Crippen LogP contribution in [0.15, 0.2) is 18.2 Å². The number of methoxy groups -OCH3 is 1. The van der Waals surface area contributed by atoms with Crippen LogP contribution in [0.5, 0.6) is 5.75 Å². The number of ether oxygens (including phenoxy) is 1. The van der Waals surface area contributed by atoms with Gasteiger partial charge in [0, 0.05) is 5.56 Å². The second-order valence-electron chi connectivity index (χ2n) is 5.54. The van der Waals surface area contributed by atoms with Gasteiger partial charge in [-0.2, -0.15) is 0 Å². The molecule has 0 aromatic heterocycles. The highest BCUT2D eigenvalue weighted by molar-refractivity contribution is 5.79. The third-order valence-electron chi connectivity index (χ3n) is 3.01. The van der Waals surface area contributed by atoms with Crippen LogP contribution < -0.4 is 4.74 Å². The van der Waals surface area contributed by atoms with E-state index in [1.807, 2.05) is 26.8 Å². The zero-order valence-corrected chi connectivity index (χ0v) is 11.4. The molecular formula is C14H20O4. The summed E-state index contributed by atoms with van der Waals surface area (Å²) in [6, 6.07) is 5.25. The van der Waals surface area contributed by atoms with Crippen LogP contribution in [0.25, 0.3) is 0 Å². The van der Waals surface area contributed by atoms with Gasteiger partial charge in [0.2, 0.25) is 0 Å². The van der Waals surface area contributed by atoms with Crippen molar-refractivity contribution in [3.63, 3.8) is 0 Å². The molecule has 1 atom stereocenters. The van der Waals surface area contributed by atoms with E-state index in [0.29, 0.717) is 5.75 Å². The molecule has 1 aromatic rings. The molecule has 0 aliphatic heterocycles.